The number of unbranched alkanes of at least 4 members (excludes halogenated alkanes) is 4. The first-order chi connectivity index (χ1) is 6.92. The van der Waals surface area contributed by atoms with Crippen molar-refractivity contribution in [1.82, 2.24) is 0 Å². The minimum Gasteiger partial charge on any atom is -0.550 e. The largest absolute Gasteiger partial charge is 0.550 e. The second-order valence-electron chi connectivity index (χ2n) is 3.27. The van der Waals surface area contributed by atoms with E-state index in [2.05, 4.69) is 0 Å². The van der Waals surface area contributed by atoms with Crippen LogP contribution in [0, 0.1) is 0 Å². The maximum Gasteiger partial charge on any atom is 0.409 e. The van der Waals surface area contributed by atoms with Gasteiger partial charge in [0, 0.05) is 12.0 Å². The molecule has 0 aromatic heterocycles. The fraction of sp³-hybridized carbons (Fsp3) is 0.700. The summed E-state index contributed by atoms with van der Waals surface area (Å²) in [4.78, 5) is 10.00. The van der Waals surface area contributed by atoms with Crippen LogP contribution in [0.5, 0.6) is 0 Å². The molecule has 0 heterocycles. The molecule has 0 bridgehead atoms. The molecule has 0 unspecified atom stereocenters. The van der Waals surface area contributed by atoms with Crippen molar-refractivity contribution < 1.29 is 23.1 Å². The molecule has 0 aliphatic rings. The lowest BCUT2D eigenvalue weighted by Crippen LogP contribution is -2.21. The first-order valence-electron chi connectivity index (χ1n) is 4.86. The molecule has 0 radical (unpaired) electrons. The summed E-state index contributed by atoms with van der Waals surface area (Å²) in [6.45, 7) is 0. The van der Waals surface area contributed by atoms with E-state index >= 15 is 0 Å². The van der Waals surface area contributed by atoms with Crippen molar-refractivity contribution in [3.8, 4) is 0 Å². The Kier molecular flexibility index (Phi) is 6.83. The van der Waals surface area contributed by atoms with Crippen molar-refractivity contribution >= 4 is 5.97 Å². The van der Waals surface area contributed by atoms with E-state index in [1.165, 1.54) is 0 Å². The number of carbonyl (C=O) groups is 1. The molecule has 0 aliphatic heterocycles. The molecule has 88 valence electrons. The third-order valence-electron chi connectivity index (χ3n) is 1.81. The third kappa shape index (κ3) is 13.0. The van der Waals surface area contributed by atoms with E-state index in [1.54, 1.807) is 0 Å². The zero-order valence-electron chi connectivity index (χ0n) is 8.35. The normalized spacial score (nSPS) is 12.2. The summed E-state index contributed by atoms with van der Waals surface area (Å²) in [5, 5.41) is 10.00. The van der Waals surface area contributed by atoms with Gasteiger partial charge in [-0.25, -0.2) is 0 Å². The van der Waals surface area contributed by atoms with Gasteiger partial charge >= 0.3 is 6.18 Å². The highest BCUT2D eigenvalue weighted by molar-refractivity contribution is 5.63. The molecular weight excluding hydrogens is 209 g/mol. The fourth-order valence-electron chi connectivity index (χ4n) is 1.10. The number of hydrogen-bond acceptors (Lipinski definition) is 2. The fourth-order valence-corrected chi connectivity index (χ4v) is 1.10. The second-order valence-corrected chi connectivity index (χ2v) is 3.27. The number of carboxylic acids is 1. The standard InChI is InChI=1S/C10H15F3O2/c11-10(12,13)8-6-4-2-1-3-5-7-9(14)15/h6,8H,1-5,7H2,(H,14,15)/p-1/b8-6+. The molecule has 5 heteroatoms. The van der Waals surface area contributed by atoms with Gasteiger partial charge in [0.25, 0.3) is 0 Å². The second kappa shape index (κ2) is 7.31. The lowest BCUT2D eigenvalue weighted by Gasteiger charge is -2.01. The van der Waals surface area contributed by atoms with Crippen LogP contribution < -0.4 is 5.11 Å². The molecule has 0 fully saturated rings. The minimum atomic E-state index is -4.23. The van der Waals surface area contributed by atoms with E-state index in [0.717, 1.165) is 12.5 Å². The van der Waals surface area contributed by atoms with Crippen LogP contribution in [0.15, 0.2) is 12.2 Å². The number of hydrogen-bond donors (Lipinski definition) is 0. The van der Waals surface area contributed by atoms with Gasteiger partial charge in [-0.15, -0.1) is 0 Å². The Morgan fingerprint density at radius 2 is 1.73 bits per heavy atom. The van der Waals surface area contributed by atoms with Crippen LogP contribution >= 0.6 is 0 Å². The summed E-state index contributed by atoms with van der Waals surface area (Å²) in [5.74, 6) is -1.08. The van der Waals surface area contributed by atoms with Gasteiger partial charge in [-0.2, -0.15) is 13.2 Å². The summed E-state index contributed by atoms with van der Waals surface area (Å²) in [6, 6.07) is 0. The Balaban J connectivity index is 3.26. The van der Waals surface area contributed by atoms with Crippen LogP contribution in [0.1, 0.15) is 38.5 Å². The van der Waals surface area contributed by atoms with Crippen molar-refractivity contribution in [3.63, 3.8) is 0 Å². The number of alkyl halides is 3. The maximum absolute atomic E-state index is 11.6. The van der Waals surface area contributed by atoms with Crippen LogP contribution in [0.2, 0.25) is 0 Å². The summed E-state index contributed by atoms with van der Waals surface area (Å²) < 4.78 is 34.8. The van der Waals surface area contributed by atoms with Crippen LogP contribution in [-0.4, -0.2) is 12.1 Å². The lowest BCUT2D eigenvalue weighted by atomic mass is 10.1. The highest BCUT2D eigenvalue weighted by Gasteiger charge is 2.21. The van der Waals surface area contributed by atoms with Gasteiger partial charge in [-0.1, -0.05) is 18.9 Å². The number of carbonyl (C=O) groups excluding carboxylic acids is 1. The van der Waals surface area contributed by atoms with Gasteiger partial charge < -0.3 is 9.90 Å². The van der Waals surface area contributed by atoms with E-state index in [-0.39, 0.29) is 12.5 Å². The van der Waals surface area contributed by atoms with Crippen molar-refractivity contribution in [2.24, 2.45) is 0 Å². The summed E-state index contributed by atoms with van der Waals surface area (Å²) in [5.41, 5.74) is 0. The van der Waals surface area contributed by atoms with Crippen molar-refractivity contribution in [3.05, 3.63) is 12.2 Å². The number of aliphatic carboxylic acids is 1. The minimum absolute atomic E-state index is 0.0262. The Morgan fingerprint density at radius 1 is 1.13 bits per heavy atom. The smallest absolute Gasteiger partial charge is 0.409 e. The molecule has 0 spiro atoms. The Morgan fingerprint density at radius 3 is 2.27 bits per heavy atom. The molecule has 0 saturated heterocycles. The van der Waals surface area contributed by atoms with Crippen LogP contribution in [0.25, 0.3) is 0 Å². The first-order valence-corrected chi connectivity index (χ1v) is 4.86. The van der Waals surface area contributed by atoms with Crippen LogP contribution in [0.4, 0.5) is 13.2 Å². The predicted octanol–water partition coefficient (Wildman–Crippen LogP) is 2.20. The molecule has 0 aromatic rings. The van der Waals surface area contributed by atoms with Gasteiger partial charge in [0.2, 0.25) is 0 Å². The van der Waals surface area contributed by atoms with Gasteiger partial charge in [0.15, 0.2) is 0 Å². The molecule has 15 heavy (non-hydrogen) atoms. The van der Waals surface area contributed by atoms with Gasteiger partial charge in [-0.3, -0.25) is 0 Å². The van der Waals surface area contributed by atoms with E-state index in [4.69, 9.17) is 0 Å². The summed E-state index contributed by atoms with van der Waals surface area (Å²) in [6.07, 6.45) is 0.152. The van der Waals surface area contributed by atoms with Crippen LogP contribution in [0.3, 0.4) is 0 Å². The molecule has 0 rings (SSSR count). The Hall–Kier alpha value is -1.00. The quantitative estimate of drug-likeness (QED) is 0.490. The molecule has 0 saturated carbocycles. The summed E-state index contributed by atoms with van der Waals surface area (Å²) in [7, 11) is 0. The average molecular weight is 223 g/mol. The topological polar surface area (TPSA) is 40.1 Å². The molecule has 0 aliphatic carbocycles. The van der Waals surface area contributed by atoms with Crippen molar-refractivity contribution in [2.75, 3.05) is 0 Å². The van der Waals surface area contributed by atoms with E-state index in [0.29, 0.717) is 25.7 Å². The number of halogens is 3. The maximum atomic E-state index is 11.6. The van der Waals surface area contributed by atoms with E-state index < -0.39 is 12.1 Å². The number of rotatable bonds is 7. The highest BCUT2D eigenvalue weighted by atomic mass is 19.4. The third-order valence-corrected chi connectivity index (χ3v) is 1.81. The number of allylic oxidation sites excluding steroid dienone is 2. The molecule has 2 nitrogen and oxygen atoms in total. The Bertz CT molecular complexity index is 209. The lowest BCUT2D eigenvalue weighted by molar-refractivity contribution is -0.305. The summed E-state index contributed by atoms with van der Waals surface area (Å²) >= 11 is 0. The molecule has 0 amide bonds. The monoisotopic (exact) mass is 223 g/mol. The van der Waals surface area contributed by atoms with E-state index in [9.17, 15) is 23.1 Å². The SMILES string of the molecule is O=C([O-])CCCCCC/C=C/C(F)(F)F. The number of carboxylic acid groups (broad SMARTS) is 1. The highest BCUT2D eigenvalue weighted by Crippen LogP contribution is 2.16. The van der Waals surface area contributed by atoms with E-state index in [1.807, 2.05) is 0 Å². The molecule has 0 aromatic carbocycles. The molecular formula is C10H14F3O2-. The van der Waals surface area contributed by atoms with Gasteiger partial charge in [-0.05, 0) is 25.7 Å². The van der Waals surface area contributed by atoms with Crippen molar-refractivity contribution in [1.29, 1.82) is 0 Å². The predicted molar refractivity (Wildman–Crippen MR) is 47.9 cm³/mol. The van der Waals surface area contributed by atoms with Crippen LogP contribution in [-0.2, 0) is 4.79 Å². The van der Waals surface area contributed by atoms with Crippen molar-refractivity contribution in [2.45, 2.75) is 44.7 Å². The van der Waals surface area contributed by atoms with Gasteiger partial charge in [0.05, 0.1) is 0 Å². The van der Waals surface area contributed by atoms with Gasteiger partial charge in [0.1, 0.15) is 0 Å². The molecule has 0 N–H and O–H groups in total. The first kappa shape index (κ1) is 14.0. The zero-order valence-corrected chi connectivity index (χ0v) is 8.35. The Labute approximate surface area is 86.8 Å². The average Bonchev–Trinajstić information content (AvgIpc) is 2.07. The zero-order chi connectivity index (χ0) is 11.7. The molecule has 0 atom stereocenters.